The molecule has 0 aromatic carbocycles. The Kier molecular flexibility index (Phi) is 65.2. The van der Waals surface area contributed by atoms with Crippen LogP contribution in [-0.4, -0.2) is 37.2 Å². The quantitative estimate of drug-likeness (QED) is 0.0261. The molecule has 0 N–H and O–H groups in total. The van der Waals surface area contributed by atoms with Gasteiger partial charge in [-0.1, -0.05) is 310 Å². The summed E-state index contributed by atoms with van der Waals surface area (Å²) in [5, 5.41) is 0. The van der Waals surface area contributed by atoms with Crippen LogP contribution < -0.4 is 0 Å². The molecule has 81 heavy (non-hydrogen) atoms. The zero-order valence-electron chi connectivity index (χ0n) is 53.3. The number of esters is 3. The van der Waals surface area contributed by atoms with Crippen molar-refractivity contribution in [3.05, 3.63) is 109 Å². The van der Waals surface area contributed by atoms with Crippen LogP contribution in [0.15, 0.2) is 109 Å². The molecule has 0 saturated carbocycles. The number of allylic oxidation sites excluding steroid dienone is 18. The number of ether oxygens (including phenoxy) is 3. The van der Waals surface area contributed by atoms with Crippen LogP contribution in [0.4, 0.5) is 0 Å². The molecule has 6 heteroatoms. The van der Waals surface area contributed by atoms with Crippen molar-refractivity contribution in [1.29, 1.82) is 0 Å². The molecule has 0 aromatic heterocycles. The summed E-state index contributed by atoms with van der Waals surface area (Å²) in [6.07, 6.45) is 93.8. The van der Waals surface area contributed by atoms with E-state index in [1.807, 2.05) is 0 Å². The number of hydrogen-bond acceptors (Lipinski definition) is 6. The Morgan fingerprint density at radius 2 is 0.481 bits per heavy atom. The first kappa shape index (κ1) is 77.1. The maximum absolute atomic E-state index is 12.9. The van der Waals surface area contributed by atoms with Gasteiger partial charge in [0.15, 0.2) is 6.10 Å². The van der Waals surface area contributed by atoms with Crippen molar-refractivity contribution in [1.82, 2.24) is 0 Å². The van der Waals surface area contributed by atoms with E-state index in [-0.39, 0.29) is 31.1 Å². The smallest absolute Gasteiger partial charge is 0.306 e. The number of rotatable bonds is 62. The Labute approximate surface area is 501 Å². The van der Waals surface area contributed by atoms with E-state index in [0.29, 0.717) is 19.3 Å². The number of hydrogen-bond donors (Lipinski definition) is 0. The standard InChI is InChI=1S/C75H128O6/c1-4-7-10-13-16-19-22-25-28-30-31-32-33-34-35-36-37-38-39-40-41-42-43-45-47-50-53-56-59-62-65-68-74(77)80-71-72(70-79-73(76)67-64-61-58-55-52-49-46-27-24-21-18-15-12-9-6-3)81-75(78)69-66-63-60-57-54-51-48-44-29-26-23-20-17-14-11-8-5-2/h7,10,16-17,19-20,25-26,28-29,31-32,34-35,37-38,40-41,72H,4-6,8-9,11-15,18,21-24,27,30,33,36,39,42-71H2,1-3H3/b10-7-,19-16-,20-17-,28-25-,29-26-,32-31-,35-34-,38-37-,41-40-. The zero-order valence-corrected chi connectivity index (χ0v) is 53.3. The molecule has 0 saturated heterocycles. The Morgan fingerprint density at radius 3 is 0.778 bits per heavy atom. The van der Waals surface area contributed by atoms with Crippen LogP contribution in [0.5, 0.6) is 0 Å². The van der Waals surface area contributed by atoms with Crippen LogP contribution >= 0.6 is 0 Å². The summed E-state index contributed by atoms with van der Waals surface area (Å²) < 4.78 is 17.0. The van der Waals surface area contributed by atoms with E-state index in [4.69, 9.17) is 14.2 Å². The molecule has 0 bridgehead atoms. The maximum Gasteiger partial charge on any atom is 0.306 e. The molecule has 0 aromatic rings. The van der Waals surface area contributed by atoms with Gasteiger partial charge in [-0.3, -0.25) is 14.4 Å². The van der Waals surface area contributed by atoms with Crippen molar-refractivity contribution < 1.29 is 28.6 Å². The third kappa shape index (κ3) is 66.8. The summed E-state index contributed by atoms with van der Waals surface area (Å²) in [4.78, 5) is 38.4. The predicted molar refractivity (Wildman–Crippen MR) is 353 cm³/mol. The molecular formula is C75H128O6. The van der Waals surface area contributed by atoms with Crippen molar-refractivity contribution in [3.8, 4) is 0 Å². The van der Waals surface area contributed by atoms with E-state index >= 15 is 0 Å². The summed E-state index contributed by atoms with van der Waals surface area (Å²) in [6.45, 7) is 6.52. The highest BCUT2D eigenvalue weighted by molar-refractivity contribution is 5.71. The topological polar surface area (TPSA) is 78.9 Å². The fourth-order valence-corrected chi connectivity index (χ4v) is 9.63. The maximum atomic E-state index is 12.9. The molecule has 1 unspecified atom stereocenters. The number of unbranched alkanes of at least 4 members (excludes halogenated alkanes) is 33. The van der Waals surface area contributed by atoms with E-state index < -0.39 is 6.10 Å². The Balaban J connectivity index is 4.31. The first-order valence-corrected chi connectivity index (χ1v) is 34.4. The Morgan fingerprint density at radius 1 is 0.259 bits per heavy atom. The van der Waals surface area contributed by atoms with E-state index in [1.54, 1.807) is 0 Å². The van der Waals surface area contributed by atoms with Gasteiger partial charge in [-0.2, -0.15) is 0 Å². The fraction of sp³-hybridized carbons (Fsp3) is 0.720. The lowest BCUT2D eigenvalue weighted by Crippen LogP contribution is -2.30. The fourth-order valence-electron chi connectivity index (χ4n) is 9.63. The second kappa shape index (κ2) is 68.6. The van der Waals surface area contributed by atoms with Gasteiger partial charge in [0.25, 0.3) is 0 Å². The van der Waals surface area contributed by atoms with Crippen molar-refractivity contribution in [2.75, 3.05) is 13.2 Å². The first-order valence-electron chi connectivity index (χ1n) is 34.4. The molecule has 464 valence electrons. The van der Waals surface area contributed by atoms with Gasteiger partial charge < -0.3 is 14.2 Å². The van der Waals surface area contributed by atoms with Crippen LogP contribution in [0, 0.1) is 0 Å². The van der Waals surface area contributed by atoms with E-state index in [1.165, 1.54) is 167 Å². The van der Waals surface area contributed by atoms with Crippen molar-refractivity contribution in [2.45, 2.75) is 335 Å². The van der Waals surface area contributed by atoms with Gasteiger partial charge in [0.05, 0.1) is 0 Å². The third-order valence-electron chi connectivity index (χ3n) is 14.8. The zero-order chi connectivity index (χ0) is 58.5. The van der Waals surface area contributed by atoms with Gasteiger partial charge in [0.2, 0.25) is 0 Å². The summed E-state index contributed by atoms with van der Waals surface area (Å²) in [6, 6.07) is 0. The second-order valence-electron chi connectivity index (χ2n) is 22.7. The molecule has 0 heterocycles. The lowest BCUT2D eigenvalue weighted by atomic mass is 10.0. The van der Waals surface area contributed by atoms with Gasteiger partial charge >= 0.3 is 17.9 Å². The molecule has 0 amide bonds. The molecule has 0 aliphatic carbocycles. The minimum absolute atomic E-state index is 0.0801. The second-order valence-corrected chi connectivity index (χ2v) is 22.7. The largest absolute Gasteiger partial charge is 0.462 e. The van der Waals surface area contributed by atoms with Crippen molar-refractivity contribution in [2.24, 2.45) is 0 Å². The summed E-state index contributed by atoms with van der Waals surface area (Å²) in [5.74, 6) is -0.881. The highest BCUT2D eigenvalue weighted by Crippen LogP contribution is 2.17. The molecule has 0 radical (unpaired) electrons. The van der Waals surface area contributed by atoms with E-state index in [0.717, 1.165) is 122 Å². The normalized spacial score (nSPS) is 12.8. The number of carbonyl (C=O) groups is 3. The first-order chi connectivity index (χ1) is 40.0. The predicted octanol–water partition coefficient (Wildman–Crippen LogP) is 23.8. The SMILES string of the molecule is CC/C=C\C/C=C\C/C=C\C/C=C\C/C=C\C/C=C\C/C=C\CCCCCCCCCCCC(=O)OCC(COC(=O)CCCCCCCCCCCCCCCCC)OC(=O)CCCCCCCCC/C=C\C/C=C\CCCCC. The minimum atomic E-state index is -0.785. The lowest BCUT2D eigenvalue weighted by Gasteiger charge is -2.18. The van der Waals surface area contributed by atoms with Crippen LogP contribution in [0.1, 0.15) is 329 Å². The summed E-state index contributed by atoms with van der Waals surface area (Å²) in [7, 11) is 0. The monoisotopic (exact) mass is 1120 g/mol. The molecule has 0 rings (SSSR count). The Hall–Kier alpha value is -3.93. The van der Waals surface area contributed by atoms with Crippen LogP contribution in [-0.2, 0) is 28.6 Å². The summed E-state index contributed by atoms with van der Waals surface area (Å²) >= 11 is 0. The number of carbonyl (C=O) groups excluding carboxylic acids is 3. The van der Waals surface area contributed by atoms with Gasteiger partial charge in [-0.05, 0) is 109 Å². The van der Waals surface area contributed by atoms with Gasteiger partial charge in [-0.25, -0.2) is 0 Å². The molecule has 0 spiro atoms. The van der Waals surface area contributed by atoms with Crippen LogP contribution in [0.25, 0.3) is 0 Å². The third-order valence-corrected chi connectivity index (χ3v) is 14.8. The Bertz CT molecular complexity index is 1620. The van der Waals surface area contributed by atoms with E-state index in [2.05, 4.69) is 130 Å². The molecule has 1 atom stereocenters. The highest BCUT2D eigenvalue weighted by Gasteiger charge is 2.19. The van der Waals surface area contributed by atoms with Gasteiger partial charge in [0, 0.05) is 19.3 Å². The average molecular weight is 1130 g/mol. The van der Waals surface area contributed by atoms with E-state index in [9.17, 15) is 14.4 Å². The average Bonchev–Trinajstić information content (AvgIpc) is 3.47. The molecular weight excluding hydrogens is 997 g/mol. The van der Waals surface area contributed by atoms with Gasteiger partial charge in [0.1, 0.15) is 13.2 Å². The molecule has 0 aliphatic rings. The molecule has 0 aliphatic heterocycles. The lowest BCUT2D eigenvalue weighted by molar-refractivity contribution is -0.167. The molecule has 6 nitrogen and oxygen atoms in total. The summed E-state index contributed by atoms with van der Waals surface area (Å²) in [5.41, 5.74) is 0. The molecule has 0 fully saturated rings. The van der Waals surface area contributed by atoms with Crippen LogP contribution in [0.3, 0.4) is 0 Å². The van der Waals surface area contributed by atoms with Crippen molar-refractivity contribution >= 4 is 17.9 Å². The minimum Gasteiger partial charge on any atom is -0.462 e. The highest BCUT2D eigenvalue weighted by atomic mass is 16.6. The van der Waals surface area contributed by atoms with Crippen molar-refractivity contribution in [3.63, 3.8) is 0 Å². The van der Waals surface area contributed by atoms with Gasteiger partial charge in [-0.15, -0.1) is 0 Å². The van der Waals surface area contributed by atoms with Crippen LogP contribution in [0.2, 0.25) is 0 Å².